The van der Waals surface area contributed by atoms with Crippen LogP contribution in [0.1, 0.15) is 54.1 Å². The molecular weight excluding hydrogens is 304 g/mol. The van der Waals surface area contributed by atoms with Gasteiger partial charge in [0.15, 0.2) is 0 Å². The second kappa shape index (κ2) is 6.79. The van der Waals surface area contributed by atoms with E-state index in [-0.39, 0.29) is 11.8 Å². The summed E-state index contributed by atoms with van der Waals surface area (Å²) in [7, 11) is 0. The van der Waals surface area contributed by atoms with E-state index in [1.807, 2.05) is 32.6 Å². The zero-order valence-corrected chi connectivity index (χ0v) is 14.9. The predicted molar refractivity (Wildman–Crippen MR) is 90.7 cm³/mol. The Kier molecular flexibility index (Phi) is 4.73. The van der Waals surface area contributed by atoms with E-state index in [0.29, 0.717) is 12.3 Å². The highest BCUT2D eigenvalue weighted by atomic mass is 16.5. The first-order valence-corrected chi connectivity index (χ1v) is 8.68. The fourth-order valence-corrected chi connectivity index (χ4v) is 3.57. The average Bonchev–Trinajstić information content (AvgIpc) is 3.15. The number of hydrogen-bond donors (Lipinski definition) is 1. The molecule has 0 aliphatic carbocycles. The van der Waals surface area contributed by atoms with Crippen molar-refractivity contribution in [3.05, 3.63) is 34.5 Å². The highest BCUT2D eigenvalue weighted by Gasteiger charge is 2.29. The third-order valence-corrected chi connectivity index (χ3v) is 4.99. The lowest BCUT2D eigenvalue weighted by Gasteiger charge is -2.33. The van der Waals surface area contributed by atoms with Gasteiger partial charge in [-0.2, -0.15) is 5.10 Å². The van der Waals surface area contributed by atoms with Crippen LogP contribution >= 0.6 is 0 Å². The van der Waals surface area contributed by atoms with E-state index in [0.717, 1.165) is 54.3 Å². The van der Waals surface area contributed by atoms with E-state index in [1.54, 1.807) is 0 Å². The second-order valence-corrected chi connectivity index (χ2v) is 7.01. The molecule has 0 aromatic carbocycles. The summed E-state index contributed by atoms with van der Waals surface area (Å²) in [6.45, 7) is 9.44. The van der Waals surface area contributed by atoms with Crippen molar-refractivity contribution in [3.8, 4) is 0 Å². The van der Waals surface area contributed by atoms with Gasteiger partial charge >= 0.3 is 0 Å². The SMILES string of the molecule is Cc1cc([C@@H]2CCCN(C(=O)[C@@H](C)Cc3c(C)noc3C)C2)n[nH]1. The predicted octanol–water partition coefficient (Wildman–Crippen LogP) is 2.91. The second-order valence-electron chi connectivity index (χ2n) is 7.01. The molecule has 0 spiro atoms. The number of piperidine rings is 1. The van der Waals surface area contributed by atoms with Crippen LogP contribution in [-0.4, -0.2) is 39.3 Å². The maximum atomic E-state index is 12.9. The summed E-state index contributed by atoms with van der Waals surface area (Å²) in [5.41, 5.74) is 4.09. The fourth-order valence-electron chi connectivity index (χ4n) is 3.57. The van der Waals surface area contributed by atoms with Gasteiger partial charge in [-0.05, 0) is 46.1 Å². The van der Waals surface area contributed by atoms with Gasteiger partial charge in [0, 0.05) is 36.2 Å². The molecule has 3 rings (SSSR count). The van der Waals surface area contributed by atoms with E-state index < -0.39 is 0 Å². The Balaban J connectivity index is 1.65. The van der Waals surface area contributed by atoms with Gasteiger partial charge in [0.05, 0.1) is 11.4 Å². The van der Waals surface area contributed by atoms with E-state index in [4.69, 9.17) is 4.52 Å². The molecule has 24 heavy (non-hydrogen) atoms. The number of nitrogens with one attached hydrogen (secondary N) is 1. The number of likely N-dealkylation sites (tertiary alicyclic amines) is 1. The summed E-state index contributed by atoms with van der Waals surface area (Å²) < 4.78 is 5.21. The van der Waals surface area contributed by atoms with Crippen molar-refractivity contribution in [1.82, 2.24) is 20.3 Å². The van der Waals surface area contributed by atoms with Gasteiger partial charge in [0.25, 0.3) is 0 Å². The van der Waals surface area contributed by atoms with Gasteiger partial charge in [0.1, 0.15) is 5.76 Å². The molecule has 1 saturated heterocycles. The van der Waals surface area contributed by atoms with Crippen LogP contribution in [0.4, 0.5) is 0 Å². The molecule has 1 fully saturated rings. The quantitative estimate of drug-likeness (QED) is 0.935. The molecule has 1 amide bonds. The minimum atomic E-state index is -0.0681. The highest BCUT2D eigenvalue weighted by Crippen LogP contribution is 2.27. The number of amides is 1. The Morgan fingerprint density at radius 1 is 1.46 bits per heavy atom. The summed E-state index contributed by atoms with van der Waals surface area (Å²) in [4.78, 5) is 14.9. The lowest BCUT2D eigenvalue weighted by Crippen LogP contribution is -2.42. The van der Waals surface area contributed by atoms with Gasteiger partial charge in [-0.15, -0.1) is 0 Å². The monoisotopic (exact) mass is 330 g/mol. The van der Waals surface area contributed by atoms with Crippen molar-refractivity contribution in [2.45, 2.75) is 52.9 Å². The van der Waals surface area contributed by atoms with Crippen LogP contribution in [0, 0.1) is 26.7 Å². The molecule has 0 saturated carbocycles. The van der Waals surface area contributed by atoms with Crippen LogP contribution in [-0.2, 0) is 11.2 Å². The third kappa shape index (κ3) is 3.37. The molecule has 1 N–H and O–H groups in total. The number of aromatic nitrogens is 3. The molecule has 0 radical (unpaired) electrons. The van der Waals surface area contributed by atoms with Crippen LogP contribution in [0.5, 0.6) is 0 Å². The number of rotatable bonds is 4. The third-order valence-electron chi connectivity index (χ3n) is 4.99. The molecule has 0 bridgehead atoms. The first kappa shape index (κ1) is 16.7. The van der Waals surface area contributed by atoms with E-state index in [9.17, 15) is 4.79 Å². The van der Waals surface area contributed by atoms with Crippen molar-refractivity contribution in [2.24, 2.45) is 5.92 Å². The number of nitrogens with zero attached hydrogens (tertiary/aromatic N) is 3. The number of aromatic amines is 1. The van der Waals surface area contributed by atoms with Crippen LogP contribution in [0.25, 0.3) is 0 Å². The molecule has 2 atom stereocenters. The normalized spacial score (nSPS) is 19.5. The summed E-state index contributed by atoms with van der Waals surface area (Å²) in [6, 6.07) is 2.09. The Morgan fingerprint density at radius 3 is 2.88 bits per heavy atom. The van der Waals surface area contributed by atoms with Crippen LogP contribution in [0.2, 0.25) is 0 Å². The number of aryl methyl sites for hydroxylation is 3. The van der Waals surface area contributed by atoms with Crippen molar-refractivity contribution >= 4 is 5.91 Å². The zero-order valence-electron chi connectivity index (χ0n) is 14.9. The molecule has 3 heterocycles. The molecule has 0 unspecified atom stereocenters. The number of H-pyrrole nitrogens is 1. The minimum Gasteiger partial charge on any atom is -0.361 e. The molecule has 1 aliphatic rings. The summed E-state index contributed by atoms with van der Waals surface area (Å²) in [6.07, 6.45) is 2.80. The van der Waals surface area contributed by atoms with Crippen molar-refractivity contribution < 1.29 is 9.32 Å². The smallest absolute Gasteiger partial charge is 0.225 e. The van der Waals surface area contributed by atoms with Crippen LogP contribution in [0.15, 0.2) is 10.6 Å². The Morgan fingerprint density at radius 2 is 2.25 bits per heavy atom. The maximum Gasteiger partial charge on any atom is 0.225 e. The van der Waals surface area contributed by atoms with Crippen molar-refractivity contribution in [1.29, 1.82) is 0 Å². The van der Waals surface area contributed by atoms with Crippen LogP contribution < -0.4 is 0 Å². The molecule has 6 heteroatoms. The van der Waals surface area contributed by atoms with Crippen LogP contribution in [0.3, 0.4) is 0 Å². The largest absolute Gasteiger partial charge is 0.361 e. The summed E-state index contributed by atoms with van der Waals surface area (Å²) in [5.74, 6) is 1.29. The van der Waals surface area contributed by atoms with E-state index in [1.165, 1.54) is 0 Å². The Hall–Kier alpha value is -2.11. The molecule has 1 aliphatic heterocycles. The van der Waals surface area contributed by atoms with E-state index >= 15 is 0 Å². The van der Waals surface area contributed by atoms with Crippen molar-refractivity contribution in [2.75, 3.05) is 13.1 Å². The number of hydrogen-bond acceptors (Lipinski definition) is 4. The average molecular weight is 330 g/mol. The highest BCUT2D eigenvalue weighted by molar-refractivity contribution is 5.79. The first-order valence-electron chi connectivity index (χ1n) is 8.68. The molecule has 2 aromatic heterocycles. The maximum absolute atomic E-state index is 12.9. The standard InChI is InChI=1S/C18H26N4O2/c1-11(8-16-13(3)21-24-14(16)4)18(23)22-7-5-6-15(10-22)17-9-12(2)19-20-17/h9,11,15H,5-8,10H2,1-4H3,(H,19,20)/t11-,15+/m0/s1. The van der Waals surface area contributed by atoms with Gasteiger partial charge in [-0.25, -0.2) is 0 Å². The molecule has 130 valence electrons. The molecular formula is C18H26N4O2. The lowest BCUT2D eigenvalue weighted by atomic mass is 9.92. The number of carbonyl (C=O) groups is 1. The topological polar surface area (TPSA) is 75.0 Å². The Labute approximate surface area is 142 Å². The summed E-state index contributed by atoms with van der Waals surface area (Å²) >= 11 is 0. The van der Waals surface area contributed by atoms with Gasteiger partial charge in [-0.3, -0.25) is 9.89 Å². The lowest BCUT2D eigenvalue weighted by molar-refractivity contribution is -0.136. The summed E-state index contributed by atoms with van der Waals surface area (Å²) in [5, 5.41) is 11.4. The van der Waals surface area contributed by atoms with Gasteiger partial charge in [0.2, 0.25) is 5.91 Å². The van der Waals surface area contributed by atoms with Gasteiger partial charge < -0.3 is 9.42 Å². The zero-order chi connectivity index (χ0) is 17.3. The van der Waals surface area contributed by atoms with Gasteiger partial charge in [-0.1, -0.05) is 12.1 Å². The molecule has 2 aromatic rings. The van der Waals surface area contributed by atoms with Crippen molar-refractivity contribution in [3.63, 3.8) is 0 Å². The minimum absolute atomic E-state index is 0.0681. The fraction of sp³-hybridized carbons (Fsp3) is 0.611. The number of carbonyl (C=O) groups excluding carboxylic acids is 1. The molecule has 6 nitrogen and oxygen atoms in total. The Bertz CT molecular complexity index is 699. The van der Waals surface area contributed by atoms with E-state index in [2.05, 4.69) is 21.4 Å². The first-order chi connectivity index (χ1) is 11.5.